The Morgan fingerprint density at radius 2 is 1.67 bits per heavy atom. The van der Waals surface area contributed by atoms with Crippen LogP contribution in [0.1, 0.15) is 5.69 Å². The number of fused-ring (bicyclic) bond motifs is 1. The molecule has 0 radical (unpaired) electrons. The van der Waals surface area contributed by atoms with Gasteiger partial charge in [-0.05, 0) is 0 Å². The first-order valence-corrected chi connectivity index (χ1v) is 4.97. The molecule has 0 atom stereocenters. The number of rotatable bonds is 0. The van der Waals surface area contributed by atoms with Crippen LogP contribution in [-0.4, -0.2) is 37.9 Å². The third kappa shape index (κ3) is 1.38. The molecule has 0 aliphatic carbocycles. The fourth-order valence-electron chi connectivity index (χ4n) is 1.18. The van der Waals surface area contributed by atoms with E-state index in [1.807, 2.05) is 31.2 Å². The maximum absolute atomic E-state index is 4.47. The Balaban J connectivity index is 2.84. The van der Waals surface area contributed by atoms with Gasteiger partial charge in [0.1, 0.15) is 0 Å². The van der Waals surface area contributed by atoms with E-state index < -0.39 is 0 Å². The van der Waals surface area contributed by atoms with Gasteiger partial charge in [-0.2, -0.15) is 0 Å². The minimum atomic E-state index is 0.972. The van der Waals surface area contributed by atoms with E-state index in [1.165, 1.54) is 0 Å². The SMILES string of the molecule is Cc1nc2ccccc2n[c]1[Na]. The molecular weight excluding hydrogens is 159 g/mol. The number of nitrogens with zero attached hydrogens (tertiary/aromatic N) is 2. The van der Waals surface area contributed by atoms with E-state index in [4.69, 9.17) is 0 Å². The Morgan fingerprint density at radius 1 is 1.08 bits per heavy atom. The molecule has 1 heterocycles. The standard InChI is InChI=1S/C9H7N2.Na/c1-7-6-10-8-4-2-3-5-9(8)11-7;/h2-5H,1H3;. The number of benzene rings is 1. The average molecular weight is 166 g/mol. The molecule has 0 aliphatic heterocycles. The van der Waals surface area contributed by atoms with E-state index in [2.05, 4.69) is 9.97 Å². The second-order valence-electron chi connectivity index (χ2n) is 2.88. The van der Waals surface area contributed by atoms with Crippen molar-refractivity contribution in [2.75, 3.05) is 0 Å². The van der Waals surface area contributed by atoms with Crippen LogP contribution in [0.2, 0.25) is 0 Å². The van der Waals surface area contributed by atoms with Crippen LogP contribution >= 0.6 is 0 Å². The zero-order chi connectivity index (χ0) is 8.55. The Kier molecular flexibility index (Phi) is 2.13. The molecule has 0 aliphatic rings. The first-order chi connectivity index (χ1) is 5.77. The molecule has 12 heavy (non-hydrogen) atoms. The fraction of sp³-hybridized carbons (Fsp3) is 0.111. The van der Waals surface area contributed by atoms with Crippen molar-refractivity contribution in [2.45, 2.75) is 6.92 Å². The maximum atomic E-state index is 4.47. The van der Waals surface area contributed by atoms with Crippen LogP contribution in [0.4, 0.5) is 0 Å². The Hall–Kier alpha value is -0.440. The van der Waals surface area contributed by atoms with Gasteiger partial charge in [0.2, 0.25) is 0 Å². The van der Waals surface area contributed by atoms with E-state index in [0.29, 0.717) is 0 Å². The van der Waals surface area contributed by atoms with Gasteiger partial charge in [-0.1, -0.05) is 0 Å². The number of hydrogen-bond acceptors (Lipinski definition) is 2. The van der Waals surface area contributed by atoms with Crippen LogP contribution in [0.15, 0.2) is 24.3 Å². The molecule has 0 unspecified atom stereocenters. The zero-order valence-electron chi connectivity index (χ0n) is 7.20. The Morgan fingerprint density at radius 3 is 2.33 bits per heavy atom. The summed E-state index contributed by atoms with van der Waals surface area (Å²) in [7, 11) is 0. The average Bonchev–Trinajstić information content (AvgIpc) is 2.07. The van der Waals surface area contributed by atoms with Crippen molar-refractivity contribution in [3.05, 3.63) is 30.0 Å². The predicted octanol–water partition coefficient (Wildman–Crippen LogP) is 0.732. The number of hydrogen-bond donors (Lipinski definition) is 0. The van der Waals surface area contributed by atoms with E-state index in [0.717, 1.165) is 47.6 Å². The summed E-state index contributed by atoms with van der Waals surface area (Å²) in [6.07, 6.45) is 0. The van der Waals surface area contributed by atoms with Crippen LogP contribution in [0.25, 0.3) is 11.0 Å². The van der Waals surface area contributed by atoms with Crippen LogP contribution in [0.5, 0.6) is 0 Å². The third-order valence-electron chi connectivity index (χ3n) is 1.98. The molecule has 1 aromatic carbocycles. The summed E-state index contributed by atoms with van der Waals surface area (Å²) in [6, 6.07) is 7.98. The molecule has 2 rings (SSSR count). The van der Waals surface area contributed by atoms with Crippen molar-refractivity contribution in [3.8, 4) is 0 Å². The van der Waals surface area contributed by atoms with Gasteiger partial charge in [-0.15, -0.1) is 0 Å². The minimum absolute atomic E-state index is 0.972. The molecule has 0 N–H and O–H groups in total. The van der Waals surface area contributed by atoms with Crippen molar-refractivity contribution in [1.82, 2.24) is 9.97 Å². The summed E-state index contributed by atoms with van der Waals surface area (Å²) in [4.78, 5) is 8.92. The van der Waals surface area contributed by atoms with Crippen molar-refractivity contribution in [1.29, 1.82) is 0 Å². The number of para-hydroxylation sites is 2. The molecule has 0 saturated heterocycles. The zero-order valence-corrected chi connectivity index (χ0v) is 9.20. The summed E-state index contributed by atoms with van der Waals surface area (Å²) in [5.74, 6) is 0. The topological polar surface area (TPSA) is 25.8 Å². The van der Waals surface area contributed by atoms with Crippen molar-refractivity contribution < 1.29 is 0 Å². The van der Waals surface area contributed by atoms with Gasteiger partial charge in [-0.25, -0.2) is 0 Å². The van der Waals surface area contributed by atoms with E-state index >= 15 is 0 Å². The predicted molar refractivity (Wildman–Crippen MR) is 49.7 cm³/mol. The Bertz CT molecular complexity index is 385. The second-order valence-corrected chi connectivity index (χ2v) is 3.83. The van der Waals surface area contributed by atoms with E-state index in [9.17, 15) is 0 Å². The van der Waals surface area contributed by atoms with Gasteiger partial charge < -0.3 is 0 Å². The first kappa shape index (κ1) is 8.17. The second kappa shape index (κ2) is 3.13. The van der Waals surface area contributed by atoms with Gasteiger partial charge in [0.15, 0.2) is 0 Å². The molecule has 0 spiro atoms. The van der Waals surface area contributed by atoms with Crippen LogP contribution in [0.3, 0.4) is 0 Å². The number of aromatic nitrogens is 2. The fourth-order valence-corrected chi connectivity index (χ4v) is 1.53. The molecule has 2 aromatic rings. The van der Waals surface area contributed by atoms with Crippen LogP contribution in [0, 0.1) is 6.92 Å². The molecule has 0 fully saturated rings. The van der Waals surface area contributed by atoms with Gasteiger partial charge in [-0.3, -0.25) is 0 Å². The summed E-state index contributed by atoms with van der Waals surface area (Å²) >= 11 is 0.972. The van der Waals surface area contributed by atoms with Crippen LogP contribution < -0.4 is 2.94 Å². The van der Waals surface area contributed by atoms with Crippen molar-refractivity contribution in [2.24, 2.45) is 0 Å². The molecule has 54 valence electrons. The van der Waals surface area contributed by atoms with E-state index in [1.54, 1.807) is 0 Å². The normalized spacial score (nSPS) is 10.6. The third-order valence-corrected chi connectivity index (χ3v) is 2.93. The molecule has 0 saturated carbocycles. The monoisotopic (exact) mass is 166 g/mol. The molecule has 1 aromatic heterocycles. The van der Waals surface area contributed by atoms with Gasteiger partial charge >= 0.3 is 88.8 Å². The van der Waals surface area contributed by atoms with Gasteiger partial charge in [0, 0.05) is 0 Å². The Labute approximate surface area is 88.5 Å². The molecule has 2 nitrogen and oxygen atoms in total. The molecule has 0 amide bonds. The van der Waals surface area contributed by atoms with Crippen LogP contribution in [-0.2, 0) is 0 Å². The number of aryl methyl sites for hydroxylation is 1. The van der Waals surface area contributed by atoms with Gasteiger partial charge in [0.25, 0.3) is 0 Å². The summed E-state index contributed by atoms with van der Waals surface area (Å²) in [6.45, 7) is 2.02. The quantitative estimate of drug-likeness (QED) is 0.539. The van der Waals surface area contributed by atoms with E-state index in [-0.39, 0.29) is 0 Å². The van der Waals surface area contributed by atoms with Crippen molar-refractivity contribution in [3.63, 3.8) is 0 Å². The molecule has 0 bridgehead atoms. The summed E-state index contributed by atoms with van der Waals surface area (Å²) in [5.41, 5.74) is 3.07. The summed E-state index contributed by atoms with van der Waals surface area (Å²) in [5, 5.41) is 0. The molecular formula is C9H7N2Na. The first-order valence-electron chi connectivity index (χ1n) is 3.97. The summed E-state index contributed by atoms with van der Waals surface area (Å²) < 4.78 is 1.15. The molecule has 3 heteroatoms. The van der Waals surface area contributed by atoms with Gasteiger partial charge in [0.05, 0.1) is 0 Å². The van der Waals surface area contributed by atoms with Crippen molar-refractivity contribution >= 4 is 41.9 Å².